The summed E-state index contributed by atoms with van der Waals surface area (Å²) in [5, 5.41) is 2.72. The molecule has 0 saturated heterocycles. The van der Waals surface area contributed by atoms with Crippen molar-refractivity contribution in [2.75, 3.05) is 13.2 Å². The lowest BCUT2D eigenvalue weighted by molar-refractivity contribution is -0.137. The highest BCUT2D eigenvalue weighted by atomic mass is 79.9. The van der Waals surface area contributed by atoms with E-state index in [0.29, 0.717) is 5.02 Å². The minimum atomic E-state index is -0.682. The van der Waals surface area contributed by atoms with Crippen LogP contribution in [0.1, 0.15) is 0 Å². The number of hydrogen-bond acceptors (Lipinski definition) is 4. The fourth-order valence-corrected chi connectivity index (χ4v) is 1.77. The smallest absolute Gasteiger partial charge is 0.412 e. The molecule has 0 heterocycles. The average molecular weight is 349 g/mol. The first-order chi connectivity index (χ1) is 9.02. The lowest BCUT2D eigenvalue weighted by atomic mass is 10.3. The van der Waals surface area contributed by atoms with E-state index >= 15 is 0 Å². The molecular weight excluding hydrogens is 337 g/mol. The Balaban J connectivity index is 2.35. The lowest BCUT2D eigenvalue weighted by Gasteiger charge is -2.08. The van der Waals surface area contributed by atoms with Crippen molar-refractivity contribution >= 4 is 39.6 Å². The van der Waals surface area contributed by atoms with Crippen LogP contribution in [0.2, 0.25) is 5.02 Å². The predicted octanol–water partition coefficient (Wildman–Crippen LogP) is 2.92. The van der Waals surface area contributed by atoms with Gasteiger partial charge >= 0.3 is 12.1 Å². The minimum Gasteiger partial charge on any atom is -0.461 e. The number of benzene rings is 1. The predicted molar refractivity (Wildman–Crippen MR) is 74.3 cm³/mol. The van der Waals surface area contributed by atoms with Gasteiger partial charge in [0, 0.05) is 10.5 Å². The number of halogens is 2. The molecule has 1 aromatic rings. The first kappa shape index (κ1) is 15.5. The molecule has 0 unspecified atom stereocenters. The van der Waals surface area contributed by atoms with Gasteiger partial charge in [0.15, 0.2) is 5.75 Å². The number of esters is 1. The van der Waals surface area contributed by atoms with Gasteiger partial charge < -0.3 is 14.8 Å². The largest absolute Gasteiger partial charge is 0.461 e. The Hall–Kier alpha value is -1.53. The third-order valence-corrected chi connectivity index (χ3v) is 2.67. The molecule has 1 amide bonds. The quantitative estimate of drug-likeness (QED) is 0.505. The Bertz CT molecular complexity index is 493. The van der Waals surface area contributed by atoms with Gasteiger partial charge in [-0.15, -0.1) is 0 Å². The van der Waals surface area contributed by atoms with Crippen LogP contribution < -0.4 is 10.1 Å². The summed E-state index contributed by atoms with van der Waals surface area (Å²) >= 11 is 9.12. The molecule has 7 heteroatoms. The Morgan fingerprint density at radius 1 is 1.47 bits per heavy atom. The van der Waals surface area contributed by atoms with Crippen molar-refractivity contribution in [2.45, 2.75) is 0 Å². The van der Waals surface area contributed by atoms with Crippen molar-refractivity contribution in [2.24, 2.45) is 0 Å². The maximum absolute atomic E-state index is 11.4. The second-order valence-electron chi connectivity index (χ2n) is 3.26. The zero-order chi connectivity index (χ0) is 14.3. The Kier molecular flexibility index (Phi) is 6.38. The molecule has 0 spiro atoms. The van der Waals surface area contributed by atoms with Crippen molar-refractivity contribution in [3.63, 3.8) is 0 Å². The summed E-state index contributed by atoms with van der Waals surface area (Å²) in [4.78, 5) is 22.1. The molecule has 102 valence electrons. The fraction of sp³-hybridized carbons (Fsp3) is 0.167. The van der Waals surface area contributed by atoms with E-state index in [-0.39, 0.29) is 18.9 Å². The van der Waals surface area contributed by atoms with E-state index in [2.05, 4.69) is 32.6 Å². The van der Waals surface area contributed by atoms with Gasteiger partial charge in [-0.25, -0.2) is 9.59 Å². The summed E-state index contributed by atoms with van der Waals surface area (Å²) in [5.74, 6) is -0.309. The van der Waals surface area contributed by atoms with E-state index in [4.69, 9.17) is 16.3 Å². The van der Waals surface area contributed by atoms with Gasteiger partial charge in [-0.2, -0.15) is 0 Å². The Labute approximate surface area is 123 Å². The maximum Gasteiger partial charge on any atom is 0.412 e. The summed E-state index contributed by atoms with van der Waals surface area (Å²) in [6.07, 6.45) is 0.360. The zero-order valence-corrected chi connectivity index (χ0v) is 12.2. The topological polar surface area (TPSA) is 64.6 Å². The van der Waals surface area contributed by atoms with Gasteiger partial charge in [0.1, 0.15) is 6.61 Å². The molecule has 0 radical (unpaired) electrons. The normalized spacial score (nSPS) is 9.58. The molecule has 0 aliphatic carbocycles. The van der Waals surface area contributed by atoms with Crippen LogP contribution in [0.5, 0.6) is 5.75 Å². The van der Waals surface area contributed by atoms with E-state index in [9.17, 15) is 9.59 Å². The third-order valence-electron chi connectivity index (χ3n) is 1.88. The van der Waals surface area contributed by atoms with Gasteiger partial charge in [-0.3, -0.25) is 0 Å². The summed E-state index contributed by atoms with van der Waals surface area (Å²) in [5.41, 5.74) is 0. The molecule has 1 rings (SSSR count). The molecule has 19 heavy (non-hydrogen) atoms. The molecule has 0 fully saturated rings. The molecule has 0 bridgehead atoms. The molecule has 0 aromatic heterocycles. The van der Waals surface area contributed by atoms with E-state index < -0.39 is 12.1 Å². The molecule has 1 N–H and O–H groups in total. The van der Waals surface area contributed by atoms with Crippen molar-refractivity contribution < 1.29 is 19.1 Å². The third kappa shape index (κ3) is 5.76. The fourth-order valence-electron chi connectivity index (χ4n) is 1.06. The maximum atomic E-state index is 11.4. The van der Waals surface area contributed by atoms with Crippen LogP contribution in [-0.2, 0) is 9.53 Å². The van der Waals surface area contributed by atoms with E-state index in [0.717, 1.165) is 10.5 Å². The highest BCUT2D eigenvalue weighted by molar-refractivity contribution is 9.10. The van der Waals surface area contributed by atoms with Crippen LogP contribution >= 0.6 is 27.5 Å². The SMILES string of the molecule is C=CC(=O)OCCNC(=O)Oc1ccc(Br)cc1Cl. The molecular formula is C12H11BrClNO4. The first-order valence-electron chi connectivity index (χ1n) is 5.23. The first-order valence-corrected chi connectivity index (χ1v) is 6.40. The van der Waals surface area contributed by atoms with Crippen molar-refractivity contribution in [3.8, 4) is 5.75 Å². The van der Waals surface area contributed by atoms with Crippen molar-refractivity contribution in [1.29, 1.82) is 0 Å². The molecule has 0 aliphatic rings. The molecule has 0 aliphatic heterocycles. The zero-order valence-electron chi connectivity index (χ0n) is 9.82. The van der Waals surface area contributed by atoms with Crippen LogP contribution in [0.25, 0.3) is 0 Å². The summed E-state index contributed by atoms with van der Waals surface area (Å²) in [7, 11) is 0. The van der Waals surface area contributed by atoms with Gasteiger partial charge in [0.2, 0.25) is 0 Å². The van der Waals surface area contributed by atoms with Gasteiger partial charge in [0.05, 0.1) is 11.6 Å². The monoisotopic (exact) mass is 347 g/mol. The molecule has 1 aromatic carbocycles. The number of carbonyl (C=O) groups excluding carboxylic acids is 2. The van der Waals surface area contributed by atoms with Crippen LogP contribution in [0, 0.1) is 0 Å². The average Bonchev–Trinajstić information content (AvgIpc) is 2.37. The van der Waals surface area contributed by atoms with Crippen LogP contribution in [0.4, 0.5) is 4.79 Å². The molecule has 0 atom stereocenters. The summed E-state index contributed by atoms with van der Waals surface area (Å²) < 4.78 is 10.4. The van der Waals surface area contributed by atoms with Gasteiger partial charge in [0.25, 0.3) is 0 Å². The van der Waals surface area contributed by atoms with Gasteiger partial charge in [-0.1, -0.05) is 34.1 Å². The molecule has 5 nitrogen and oxygen atoms in total. The number of rotatable bonds is 5. The summed E-state index contributed by atoms with van der Waals surface area (Å²) in [6, 6.07) is 4.86. The van der Waals surface area contributed by atoms with Gasteiger partial charge in [-0.05, 0) is 18.2 Å². The van der Waals surface area contributed by atoms with E-state index in [1.165, 1.54) is 0 Å². The highest BCUT2D eigenvalue weighted by Crippen LogP contribution is 2.27. The number of ether oxygens (including phenoxy) is 2. The van der Waals surface area contributed by atoms with Crippen LogP contribution in [0.3, 0.4) is 0 Å². The number of amides is 1. The van der Waals surface area contributed by atoms with Crippen LogP contribution in [-0.4, -0.2) is 25.2 Å². The Morgan fingerprint density at radius 2 is 2.21 bits per heavy atom. The summed E-state index contributed by atoms with van der Waals surface area (Å²) in [6.45, 7) is 3.41. The van der Waals surface area contributed by atoms with E-state index in [1.807, 2.05) is 0 Å². The lowest BCUT2D eigenvalue weighted by Crippen LogP contribution is -2.30. The number of nitrogens with one attached hydrogen (secondary N) is 1. The Morgan fingerprint density at radius 3 is 2.84 bits per heavy atom. The minimum absolute atomic E-state index is 0.0357. The standard InChI is InChI=1S/C12H11BrClNO4/c1-2-11(16)18-6-5-15-12(17)19-10-4-3-8(13)7-9(10)14/h2-4,7H,1,5-6H2,(H,15,17). The highest BCUT2D eigenvalue weighted by Gasteiger charge is 2.08. The van der Waals surface area contributed by atoms with Crippen molar-refractivity contribution in [1.82, 2.24) is 5.32 Å². The number of carbonyl (C=O) groups is 2. The number of hydrogen-bond donors (Lipinski definition) is 1. The van der Waals surface area contributed by atoms with Crippen molar-refractivity contribution in [3.05, 3.63) is 40.3 Å². The van der Waals surface area contributed by atoms with Crippen LogP contribution in [0.15, 0.2) is 35.3 Å². The second kappa shape index (κ2) is 7.81. The second-order valence-corrected chi connectivity index (χ2v) is 4.59. The molecule has 0 saturated carbocycles. The van der Waals surface area contributed by atoms with E-state index in [1.54, 1.807) is 18.2 Å².